The van der Waals surface area contributed by atoms with E-state index in [1.807, 2.05) is 13.8 Å². The molecule has 3 rings (SSSR count). The zero-order valence-electron chi connectivity index (χ0n) is 10.8. The summed E-state index contributed by atoms with van der Waals surface area (Å²) in [4.78, 5) is 12.2. The van der Waals surface area contributed by atoms with E-state index in [1.165, 1.54) is 6.08 Å². The average Bonchev–Trinajstić information content (AvgIpc) is 3.13. The van der Waals surface area contributed by atoms with Gasteiger partial charge in [-0.25, -0.2) is 0 Å². The Hall–Kier alpha value is -1.26. The van der Waals surface area contributed by atoms with Gasteiger partial charge in [0.05, 0.1) is 11.3 Å². The van der Waals surface area contributed by atoms with Gasteiger partial charge in [0.15, 0.2) is 5.78 Å². The summed E-state index contributed by atoms with van der Waals surface area (Å²) in [6.07, 6.45) is -1.88. The minimum Gasteiger partial charge on any atom is -0.376 e. The molecule has 0 radical (unpaired) electrons. The molecule has 0 aromatic rings. The highest BCUT2D eigenvalue weighted by Gasteiger charge is 2.56. The second-order valence-electron chi connectivity index (χ2n) is 5.68. The first-order valence-electron chi connectivity index (χ1n) is 6.68. The van der Waals surface area contributed by atoms with Crippen molar-refractivity contribution in [3.8, 4) is 0 Å². The first-order chi connectivity index (χ1) is 8.84. The Kier molecular flexibility index (Phi) is 2.60. The van der Waals surface area contributed by atoms with Crippen molar-refractivity contribution >= 4 is 5.78 Å². The van der Waals surface area contributed by atoms with E-state index in [4.69, 9.17) is 0 Å². The SMILES string of the molecule is CCC1C=C(C(F)(F)F)C2=C(N1)C(=O)C(C)C1CC21. The highest BCUT2D eigenvalue weighted by atomic mass is 19.4. The van der Waals surface area contributed by atoms with Crippen LogP contribution in [0.2, 0.25) is 0 Å². The van der Waals surface area contributed by atoms with Crippen molar-refractivity contribution in [3.05, 3.63) is 22.9 Å². The van der Waals surface area contributed by atoms with Crippen molar-refractivity contribution in [2.75, 3.05) is 0 Å². The van der Waals surface area contributed by atoms with Crippen molar-refractivity contribution in [1.82, 2.24) is 5.32 Å². The van der Waals surface area contributed by atoms with E-state index in [-0.39, 0.29) is 34.8 Å². The molecule has 0 bridgehead atoms. The van der Waals surface area contributed by atoms with Crippen molar-refractivity contribution in [2.45, 2.75) is 38.9 Å². The number of hydrogen-bond donors (Lipinski definition) is 1. The van der Waals surface area contributed by atoms with Crippen LogP contribution in [0.4, 0.5) is 13.2 Å². The van der Waals surface area contributed by atoms with Gasteiger partial charge in [-0.05, 0) is 36.3 Å². The summed E-state index contributed by atoms with van der Waals surface area (Å²) < 4.78 is 39.6. The highest BCUT2D eigenvalue weighted by Crippen LogP contribution is 2.58. The van der Waals surface area contributed by atoms with Crippen LogP contribution in [0.1, 0.15) is 26.7 Å². The predicted molar refractivity (Wildman–Crippen MR) is 64.1 cm³/mol. The molecule has 1 aliphatic heterocycles. The second kappa shape index (κ2) is 3.87. The number of allylic oxidation sites excluding steroid dienone is 3. The summed E-state index contributed by atoms with van der Waals surface area (Å²) in [5.41, 5.74) is -0.126. The molecule has 0 aromatic heterocycles. The number of carbonyl (C=O) groups is 1. The van der Waals surface area contributed by atoms with Gasteiger partial charge in [-0.2, -0.15) is 13.2 Å². The van der Waals surface area contributed by atoms with Crippen molar-refractivity contribution < 1.29 is 18.0 Å². The molecular formula is C14H16F3NO. The quantitative estimate of drug-likeness (QED) is 0.794. The molecule has 1 heterocycles. The summed E-state index contributed by atoms with van der Waals surface area (Å²) in [5.74, 6) is -0.277. The van der Waals surface area contributed by atoms with Gasteiger partial charge < -0.3 is 5.32 Å². The lowest BCUT2D eigenvalue weighted by atomic mass is 9.81. The standard InChI is InChI=1S/C14H16F3NO/c1-3-7-4-10(14(15,16)17)11-9-5-8(9)6(2)13(19)12(11)18-7/h4,6-9,18H,3,5H2,1-2H3. The average molecular weight is 271 g/mol. The smallest absolute Gasteiger partial charge is 0.376 e. The summed E-state index contributed by atoms with van der Waals surface area (Å²) in [6.45, 7) is 3.63. The van der Waals surface area contributed by atoms with Gasteiger partial charge >= 0.3 is 6.18 Å². The number of Topliss-reactive ketones (excluding diaryl/α,β-unsaturated/α-hetero) is 1. The van der Waals surface area contributed by atoms with Gasteiger partial charge in [-0.15, -0.1) is 0 Å². The molecule has 104 valence electrons. The molecule has 1 saturated carbocycles. The maximum atomic E-state index is 13.2. The summed E-state index contributed by atoms with van der Waals surface area (Å²) in [5, 5.41) is 3.00. The Morgan fingerprint density at radius 2 is 2.11 bits per heavy atom. The number of rotatable bonds is 1. The lowest BCUT2D eigenvalue weighted by molar-refractivity contribution is -0.120. The molecule has 0 spiro atoms. The van der Waals surface area contributed by atoms with Crippen LogP contribution in [0.3, 0.4) is 0 Å². The van der Waals surface area contributed by atoms with Crippen molar-refractivity contribution in [2.24, 2.45) is 17.8 Å². The summed E-state index contributed by atoms with van der Waals surface area (Å²) in [7, 11) is 0. The van der Waals surface area contributed by atoms with E-state index in [9.17, 15) is 18.0 Å². The van der Waals surface area contributed by atoms with Crippen LogP contribution in [0.5, 0.6) is 0 Å². The molecule has 19 heavy (non-hydrogen) atoms. The summed E-state index contributed by atoms with van der Waals surface area (Å²) in [6, 6.07) is -0.401. The molecule has 2 aliphatic carbocycles. The number of hydrogen-bond acceptors (Lipinski definition) is 2. The van der Waals surface area contributed by atoms with Gasteiger partial charge in [0.25, 0.3) is 0 Å². The van der Waals surface area contributed by atoms with Gasteiger partial charge in [-0.1, -0.05) is 13.8 Å². The van der Waals surface area contributed by atoms with Gasteiger partial charge in [0.2, 0.25) is 0 Å². The molecule has 4 unspecified atom stereocenters. The Bertz CT molecular complexity index is 503. The van der Waals surface area contributed by atoms with Gasteiger partial charge in [-0.3, -0.25) is 4.79 Å². The third-order valence-electron chi connectivity index (χ3n) is 4.52. The summed E-state index contributed by atoms with van der Waals surface area (Å²) >= 11 is 0. The number of dihydropyridines is 1. The first kappa shape index (κ1) is 12.8. The predicted octanol–water partition coefficient (Wildman–Crippen LogP) is 2.97. The fraction of sp³-hybridized carbons (Fsp3) is 0.643. The fourth-order valence-electron chi connectivity index (χ4n) is 3.31. The Morgan fingerprint density at radius 1 is 1.42 bits per heavy atom. The Morgan fingerprint density at radius 3 is 2.68 bits per heavy atom. The van der Waals surface area contributed by atoms with E-state index in [2.05, 4.69) is 5.32 Å². The van der Waals surface area contributed by atoms with Crippen LogP contribution >= 0.6 is 0 Å². The zero-order chi connectivity index (χ0) is 13.9. The maximum Gasteiger partial charge on any atom is 0.416 e. The van der Waals surface area contributed by atoms with Gasteiger partial charge in [0, 0.05) is 12.0 Å². The van der Waals surface area contributed by atoms with Crippen LogP contribution in [-0.4, -0.2) is 18.0 Å². The number of carbonyl (C=O) groups excluding carboxylic acids is 1. The van der Waals surface area contributed by atoms with E-state index < -0.39 is 17.8 Å². The normalized spacial score (nSPS) is 37.3. The number of nitrogens with one attached hydrogen (secondary N) is 1. The van der Waals surface area contributed by atoms with Gasteiger partial charge in [0.1, 0.15) is 0 Å². The molecular weight excluding hydrogens is 255 g/mol. The Balaban J connectivity index is 2.10. The van der Waals surface area contributed by atoms with Crippen LogP contribution in [-0.2, 0) is 4.79 Å². The molecule has 1 N–H and O–H groups in total. The monoisotopic (exact) mass is 271 g/mol. The number of alkyl halides is 3. The largest absolute Gasteiger partial charge is 0.416 e. The highest BCUT2D eigenvalue weighted by molar-refractivity contribution is 6.00. The fourth-order valence-corrected chi connectivity index (χ4v) is 3.31. The third kappa shape index (κ3) is 1.82. The minimum atomic E-state index is -4.37. The number of fused-ring (bicyclic) bond motifs is 2. The maximum absolute atomic E-state index is 13.2. The lowest BCUT2D eigenvalue weighted by Gasteiger charge is -2.33. The first-order valence-corrected chi connectivity index (χ1v) is 6.68. The lowest BCUT2D eigenvalue weighted by Crippen LogP contribution is -2.41. The molecule has 5 heteroatoms. The van der Waals surface area contributed by atoms with Crippen molar-refractivity contribution in [1.29, 1.82) is 0 Å². The zero-order valence-corrected chi connectivity index (χ0v) is 10.8. The van der Waals surface area contributed by atoms with Crippen LogP contribution in [0, 0.1) is 17.8 Å². The van der Waals surface area contributed by atoms with E-state index in [1.54, 1.807) is 0 Å². The molecule has 0 amide bonds. The molecule has 0 saturated heterocycles. The third-order valence-corrected chi connectivity index (χ3v) is 4.52. The van der Waals surface area contributed by atoms with Crippen LogP contribution in [0.15, 0.2) is 22.9 Å². The van der Waals surface area contributed by atoms with Crippen LogP contribution < -0.4 is 5.32 Å². The Labute approximate surface area is 109 Å². The van der Waals surface area contributed by atoms with Crippen molar-refractivity contribution in [3.63, 3.8) is 0 Å². The molecule has 0 aromatic carbocycles. The van der Waals surface area contributed by atoms with E-state index >= 15 is 0 Å². The molecule has 4 atom stereocenters. The second-order valence-corrected chi connectivity index (χ2v) is 5.68. The minimum absolute atomic E-state index is 0.0825. The molecule has 3 aliphatic rings. The van der Waals surface area contributed by atoms with E-state index in [0.717, 1.165) is 0 Å². The van der Waals surface area contributed by atoms with E-state index in [0.29, 0.717) is 12.8 Å². The number of ketones is 1. The molecule has 2 nitrogen and oxygen atoms in total. The molecule has 1 fully saturated rings. The van der Waals surface area contributed by atoms with Crippen LogP contribution in [0.25, 0.3) is 0 Å². The number of halogens is 3. The topological polar surface area (TPSA) is 29.1 Å².